The highest BCUT2D eigenvalue weighted by Crippen LogP contribution is 2.79. The van der Waals surface area contributed by atoms with Crippen molar-refractivity contribution in [1.29, 1.82) is 0 Å². The molecule has 0 radical (unpaired) electrons. The van der Waals surface area contributed by atoms with E-state index in [9.17, 15) is 9.59 Å². The summed E-state index contributed by atoms with van der Waals surface area (Å²) in [5.74, 6) is 2.45. The van der Waals surface area contributed by atoms with Gasteiger partial charge in [0.15, 0.2) is 0 Å². The van der Waals surface area contributed by atoms with Crippen LogP contribution in [0.15, 0.2) is 0 Å². The average Bonchev–Trinajstić information content (AvgIpc) is 2.72. The molecule has 0 amide bonds. The molecular formula is C30H46O4. The van der Waals surface area contributed by atoms with E-state index in [1.165, 1.54) is 89.9 Å². The molecule has 0 aromatic rings. The molecule has 0 saturated heterocycles. The quantitative estimate of drug-likeness (QED) is 0.308. The third-order valence-electron chi connectivity index (χ3n) is 12.2. The summed E-state index contributed by atoms with van der Waals surface area (Å²) >= 11 is 0. The molecule has 8 rings (SSSR count). The largest absolute Gasteiger partial charge is 0.481 e. The Bertz CT molecular complexity index is 734. The smallest absolute Gasteiger partial charge is 0.303 e. The minimum absolute atomic E-state index is 0.339. The van der Waals surface area contributed by atoms with E-state index in [0.717, 1.165) is 49.4 Å². The number of hydrogen-bond acceptors (Lipinski definition) is 2. The fourth-order valence-electron chi connectivity index (χ4n) is 12.3. The number of unbranched alkanes of at least 4 members (excludes halogenated alkanes) is 2. The first-order valence-electron chi connectivity index (χ1n) is 14.7. The summed E-state index contributed by atoms with van der Waals surface area (Å²) in [6.07, 6.45) is 24.7. The number of rotatable bonds is 11. The van der Waals surface area contributed by atoms with E-state index in [2.05, 4.69) is 0 Å². The van der Waals surface area contributed by atoms with Gasteiger partial charge in [0.05, 0.1) is 0 Å². The normalized spacial score (nSPS) is 47.9. The van der Waals surface area contributed by atoms with Crippen molar-refractivity contribution < 1.29 is 19.8 Å². The van der Waals surface area contributed by atoms with Gasteiger partial charge in [0, 0.05) is 12.8 Å². The Morgan fingerprint density at radius 3 is 1.24 bits per heavy atom. The van der Waals surface area contributed by atoms with E-state index in [1.807, 2.05) is 0 Å². The highest BCUT2D eigenvalue weighted by molar-refractivity contribution is 5.66. The first-order valence-corrected chi connectivity index (χ1v) is 14.7. The van der Waals surface area contributed by atoms with Crippen LogP contribution in [0.3, 0.4) is 0 Å². The minimum atomic E-state index is -0.635. The summed E-state index contributed by atoms with van der Waals surface area (Å²) in [6.45, 7) is 0. The molecule has 0 aliphatic heterocycles. The standard InChI is InChI=1S/C30H46O4/c31-25(32)5-1-3-7-27-11-21-9-22(12-27)16-29(15-21,19-27)30-17-23-10-24(18-30)14-28(13-23,20-30)8-4-2-6-26(33)34/h21-24H,1-20H2,(H,31,32)(H,33,34). The van der Waals surface area contributed by atoms with Crippen LogP contribution in [0, 0.1) is 45.3 Å². The Balaban J connectivity index is 1.22. The second kappa shape index (κ2) is 8.23. The van der Waals surface area contributed by atoms with Gasteiger partial charge in [-0.1, -0.05) is 12.8 Å². The van der Waals surface area contributed by atoms with Gasteiger partial charge >= 0.3 is 11.9 Å². The molecule has 8 saturated carbocycles. The molecule has 0 aromatic heterocycles. The van der Waals surface area contributed by atoms with Crippen LogP contribution in [-0.2, 0) is 9.59 Å². The fourth-order valence-corrected chi connectivity index (χ4v) is 12.3. The Morgan fingerprint density at radius 1 is 0.559 bits per heavy atom. The second-order valence-corrected chi connectivity index (χ2v) is 14.7. The van der Waals surface area contributed by atoms with Gasteiger partial charge < -0.3 is 10.2 Å². The van der Waals surface area contributed by atoms with E-state index >= 15 is 0 Å². The van der Waals surface area contributed by atoms with Gasteiger partial charge in [0.25, 0.3) is 0 Å². The molecule has 4 heteroatoms. The van der Waals surface area contributed by atoms with Crippen LogP contribution in [0.4, 0.5) is 0 Å². The van der Waals surface area contributed by atoms with Crippen molar-refractivity contribution in [2.24, 2.45) is 45.3 Å². The average molecular weight is 471 g/mol. The molecule has 4 unspecified atom stereocenters. The molecule has 0 spiro atoms. The van der Waals surface area contributed by atoms with Crippen LogP contribution in [0.25, 0.3) is 0 Å². The summed E-state index contributed by atoms with van der Waals surface area (Å²) in [5, 5.41) is 18.2. The van der Waals surface area contributed by atoms with Crippen LogP contribution in [0.1, 0.15) is 128 Å². The van der Waals surface area contributed by atoms with Crippen molar-refractivity contribution >= 4 is 11.9 Å². The van der Waals surface area contributed by atoms with Gasteiger partial charge in [-0.25, -0.2) is 0 Å². The summed E-state index contributed by atoms with van der Waals surface area (Å²) in [4.78, 5) is 22.1. The summed E-state index contributed by atoms with van der Waals surface area (Å²) in [6, 6.07) is 0. The van der Waals surface area contributed by atoms with E-state index < -0.39 is 11.9 Å². The van der Waals surface area contributed by atoms with Gasteiger partial charge in [-0.05, 0) is 148 Å². The van der Waals surface area contributed by atoms with Crippen molar-refractivity contribution in [3.8, 4) is 0 Å². The van der Waals surface area contributed by atoms with Gasteiger partial charge in [-0.2, -0.15) is 0 Å². The molecule has 8 aliphatic carbocycles. The molecule has 0 heterocycles. The summed E-state index contributed by atoms with van der Waals surface area (Å²) in [5.41, 5.74) is 2.16. The van der Waals surface area contributed by atoms with Crippen LogP contribution in [-0.4, -0.2) is 22.2 Å². The lowest BCUT2D eigenvalue weighted by molar-refractivity contribution is -0.240. The van der Waals surface area contributed by atoms with Gasteiger partial charge in [-0.15, -0.1) is 0 Å². The topological polar surface area (TPSA) is 74.6 Å². The van der Waals surface area contributed by atoms with Crippen LogP contribution < -0.4 is 0 Å². The lowest BCUT2D eigenvalue weighted by Gasteiger charge is -2.74. The van der Waals surface area contributed by atoms with Crippen molar-refractivity contribution in [3.05, 3.63) is 0 Å². The number of carbonyl (C=O) groups is 2. The highest BCUT2D eigenvalue weighted by atomic mass is 16.4. The van der Waals surface area contributed by atoms with E-state index in [4.69, 9.17) is 10.2 Å². The van der Waals surface area contributed by atoms with E-state index in [0.29, 0.717) is 34.5 Å². The van der Waals surface area contributed by atoms with Crippen LogP contribution in [0.5, 0.6) is 0 Å². The van der Waals surface area contributed by atoms with E-state index in [-0.39, 0.29) is 0 Å². The summed E-state index contributed by atoms with van der Waals surface area (Å²) < 4.78 is 0. The number of carboxylic acids is 2. The lowest BCUT2D eigenvalue weighted by atomic mass is 9.31. The lowest BCUT2D eigenvalue weighted by Crippen LogP contribution is -2.64. The second-order valence-electron chi connectivity index (χ2n) is 14.7. The van der Waals surface area contributed by atoms with Gasteiger partial charge in [-0.3, -0.25) is 9.59 Å². The third-order valence-corrected chi connectivity index (χ3v) is 12.2. The van der Waals surface area contributed by atoms with Gasteiger partial charge in [0.1, 0.15) is 0 Å². The minimum Gasteiger partial charge on any atom is -0.481 e. The first-order chi connectivity index (χ1) is 16.2. The molecular weight excluding hydrogens is 424 g/mol. The first kappa shape index (κ1) is 23.3. The number of aliphatic carboxylic acids is 2. The zero-order chi connectivity index (χ0) is 23.6. The van der Waals surface area contributed by atoms with Crippen molar-refractivity contribution in [1.82, 2.24) is 0 Å². The van der Waals surface area contributed by atoms with Crippen molar-refractivity contribution in [3.63, 3.8) is 0 Å². The monoisotopic (exact) mass is 470 g/mol. The Labute approximate surface area is 205 Å². The number of carboxylic acid groups (broad SMARTS) is 2. The maximum atomic E-state index is 11.1. The maximum Gasteiger partial charge on any atom is 0.303 e. The molecule has 4 atom stereocenters. The molecule has 4 nitrogen and oxygen atoms in total. The van der Waals surface area contributed by atoms with E-state index in [1.54, 1.807) is 0 Å². The zero-order valence-electron chi connectivity index (χ0n) is 21.2. The molecule has 190 valence electrons. The molecule has 34 heavy (non-hydrogen) atoms. The molecule has 2 N–H and O–H groups in total. The Hall–Kier alpha value is -1.06. The predicted octanol–water partition coefficient (Wildman–Crippen LogP) is 7.45. The molecule has 8 aliphatic rings. The third kappa shape index (κ3) is 3.94. The SMILES string of the molecule is O=C(O)CCCCC12CC3CC(C1)CC(C14CC5CC(CC(CCCCC(=O)O)(C5)C1)C4)(C3)C2. The molecule has 8 bridgehead atoms. The van der Waals surface area contributed by atoms with Crippen LogP contribution in [0.2, 0.25) is 0 Å². The fraction of sp³-hybridized carbons (Fsp3) is 0.933. The van der Waals surface area contributed by atoms with Crippen molar-refractivity contribution in [2.45, 2.75) is 128 Å². The highest BCUT2D eigenvalue weighted by Gasteiger charge is 2.69. The molecule has 0 aromatic carbocycles. The predicted molar refractivity (Wildman–Crippen MR) is 131 cm³/mol. The van der Waals surface area contributed by atoms with Crippen molar-refractivity contribution in [2.75, 3.05) is 0 Å². The number of hydrogen-bond donors (Lipinski definition) is 2. The molecule has 8 fully saturated rings. The maximum absolute atomic E-state index is 11.1. The Kier molecular flexibility index (Phi) is 5.65. The van der Waals surface area contributed by atoms with Gasteiger partial charge in [0.2, 0.25) is 0 Å². The zero-order valence-corrected chi connectivity index (χ0v) is 21.2. The van der Waals surface area contributed by atoms with Crippen LogP contribution >= 0.6 is 0 Å². The summed E-state index contributed by atoms with van der Waals surface area (Å²) in [7, 11) is 0. The Morgan fingerprint density at radius 2 is 0.912 bits per heavy atom.